The van der Waals surface area contributed by atoms with Crippen LogP contribution in [-0.4, -0.2) is 4.57 Å². The predicted molar refractivity (Wildman–Crippen MR) is 172 cm³/mol. The van der Waals surface area contributed by atoms with Crippen molar-refractivity contribution in [3.63, 3.8) is 0 Å². The zero-order valence-electron chi connectivity index (χ0n) is 25.0. The molecular weight excluding hydrogens is 543 g/mol. The second-order valence-electron chi connectivity index (χ2n) is 14.1. The summed E-state index contributed by atoms with van der Waals surface area (Å²) in [4.78, 5) is 2.81. The molecule has 0 bridgehead atoms. The summed E-state index contributed by atoms with van der Waals surface area (Å²) in [5.41, 5.74) is 13.3. The molecule has 208 valence electrons. The van der Waals surface area contributed by atoms with Gasteiger partial charge in [-0.05, 0) is 77.3 Å². The number of benzene rings is 4. The van der Waals surface area contributed by atoms with Crippen molar-refractivity contribution in [2.24, 2.45) is 0 Å². The molecule has 0 saturated carbocycles. The van der Waals surface area contributed by atoms with Crippen LogP contribution >= 0.6 is 11.8 Å². The highest BCUT2D eigenvalue weighted by Crippen LogP contribution is 2.60. The summed E-state index contributed by atoms with van der Waals surface area (Å²) in [6, 6.07) is 36.4. The van der Waals surface area contributed by atoms with Crippen LogP contribution in [0.1, 0.15) is 68.6 Å². The Morgan fingerprint density at radius 3 is 2.35 bits per heavy atom. The van der Waals surface area contributed by atoms with E-state index in [0.29, 0.717) is 0 Å². The van der Waals surface area contributed by atoms with E-state index in [9.17, 15) is 0 Å². The first-order chi connectivity index (χ1) is 20.8. The highest BCUT2D eigenvalue weighted by molar-refractivity contribution is 7.99. The third-order valence-electron chi connectivity index (χ3n) is 10.9. The van der Waals surface area contributed by atoms with Gasteiger partial charge in [0.25, 0.3) is 0 Å². The van der Waals surface area contributed by atoms with E-state index in [1.165, 1.54) is 78.8 Å². The fraction of sp³-hybridized carbons (Fsp3) is 0.231. The van der Waals surface area contributed by atoms with Gasteiger partial charge < -0.3 is 0 Å². The molecule has 5 heterocycles. The summed E-state index contributed by atoms with van der Waals surface area (Å²) in [7, 11) is 0. The van der Waals surface area contributed by atoms with E-state index in [1.807, 2.05) is 11.8 Å². The number of hydrogen-bond donors (Lipinski definition) is 0. The van der Waals surface area contributed by atoms with Crippen molar-refractivity contribution in [2.75, 3.05) is 0 Å². The summed E-state index contributed by atoms with van der Waals surface area (Å²) in [6.45, 7) is 9.88. The highest BCUT2D eigenvalue weighted by atomic mass is 32.2. The first kappa shape index (κ1) is 24.3. The number of fused-ring (bicyclic) bond motifs is 9. The molecule has 4 heteroatoms. The second-order valence-corrected chi connectivity index (χ2v) is 15.1. The molecule has 10 rings (SSSR count). The van der Waals surface area contributed by atoms with Crippen molar-refractivity contribution in [3.8, 4) is 22.6 Å². The van der Waals surface area contributed by atoms with E-state index in [0.717, 1.165) is 0 Å². The average Bonchev–Trinajstić information content (AvgIpc) is 3.62. The number of imidazole rings is 1. The second kappa shape index (κ2) is 7.67. The van der Waals surface area contributed by atoms with Crippen molar-refractivity contribution in [2.45, 2.75) is 66.7 Å². The van der Waals surface area contributed by atoms with Gasteiger partial charge in [-0.25, -0.2) is 0 Å². The van der Waals surface area contributed by atoms with E-state index in [1.54, 1.807) is 5.56 Å². The first-order valence-corrected chi connectivity index (χ1v) is 16.3. The van der Waals surface area contributed by atoms with Crippen LogP contribution in [0.2, 0.25) is 0 Å². The molecule has 1 aliphatic carbocycles. The molecule has 1 spiro atoms. The summed E-state index contributed by atoms with van der Waals surface area (Å²) in [6.07, 6.45) is 4.72. The molecule has 6 aromatic rings. The number of aromatic nitrogens is 3. The Kier molecular flexibility index (Phi) is 4.34. The maximum Gasteiger partial charge on any atom is 0.352 e. The van der Waals surface area contributed by atoms with Gasteiger partial charge in [0.2, 0.25) is 5.69 Å². The lowest BCUT2D eigenvalue weighted by Crippen LogP contribution is -2.57. The smallest absolute Gasteiger partial charge is 0.185 e. The van der Waals surface area contributed by atoms with Gasteiger partial charge in [0, 0.05) is 12.1 Å². The van der Waals surface area contributed by atoms with Crippen molar-refractivity contribution < 1.29 is 9.13 Å². The monoisotopic (exact) mass is 575 g/mol. The lowest BCUT2D eigenvalue weighted by Gasteiger charge is -2.43. The highest BCUT2D eigenvalue weighted by Gasteiger charge is 2.69. The minimum atomic E-state index is -0.513. The van der Waals surface area contributed by atoms with Gasteiger partial charge in [0.05, 0.1) is 26.5 Å². The SMILES string of the molecule is CC1(C)CCC(C)(C)c2c1cc1c3c2Sc2cccc4c2[n+]-3c(n4-c2ccccc2)C12c1ccccc1-c1cccc[n+]12. The Balaban J connectivity index is 1.51. The topological polar surface area (TPSA) is 12.7 Å². The summed E-state index contributed by atoms with van der Waals surface area (Å²) in [5, 5.41) is 0. The molecular formula is C39H33N3S+2. The van der Waals surface area contributed by atoms with E-state index >= 15 is 0 Å². The Morgan fingerprint density at radius 2 is 1.49 bits per heavy atom. The number of pyridine rings is 1. The first-order valence-electron chi connectivity index (χ1n) is 15.5. The largest absolute Gasteiger partial charge is 0.352 e. The zero-order chi connectivity index (χ0) is 28.9. The van der Waals surface area contributed by atoms with Gasteiger partial charge in [0.15, 0.2) is 22.9 Å². The van der Waals surface area contributed by atoms with Crippen LogP contribution in [0.3, 0.4) is 0 Å². The van der Waals surface area contributed by atoms with Gasteiger partial charge in [-0.3, -0.25) is 0 Å². The third-order valence-corrected chi connectivity index (χ3v) is 12.0. The molecule has 43 heavy (non-hydrogen) atoms. The summed E-state index contributed by atoms with van der Waals surface area (Å²) >= 11 is 2.01. The molecule has 3 aliphatic heterocycles. The van der Waals surface area contributed by atoms with Crippen LogP contribution in [0.5, 0.6) is 0 Å². The minimum absolute atomic E-state index is 0.0966. The van der Waals surface area contributed by atoms with E-state index < -0.39 is 5.54 Å². The molecule has 3 nitrogen and oxygen atoms in total. The van der Waals surface area contributed by atoms with Crippen molar-refractivity contribution in [1.29, 1.82) is 0 Å². The summed E-state index contributed by atoms with van der Waals surface area (Å²) in [5.74, 6) is 1.30. The molecule has 2 aromatic heterocycles. The van der Waals surface area contributed by atoms with Crippen LogP contribution < -0.4 is 9.13 Å². The molecule has 4 aliphatic rings. The van der Waals surface area contributed by atoms with Gasteiger partial charge in [-0.2, -0.15) is 13.7 Å². The zero-order valence-corrected chi connectivity index (χ0v) is 25.8. The molecule has 0 N–H and O–H groups in total. The van der Waals surface area contributed by atoms with Crippen LogP contribution in [0.4, 0.5) is 0 Å². The number of rotatable bonds is 1. The third kappa shape index (κ3) is 2.68. The molecule has 1 unspecified atom stereocenters. The van der Waals surface area contributed by atoms with Gasteiger partial charge in [-0.15, -0.1) is 0 Å². The number of nitrogens with zero attached hydrogens (tertiary/aromatic N) is 3. The molecule has 1 atom stereocenters. The Bertz CT molecular complexity index is 2170. The molecule has 4 aromatic carbocycles. The van der Waals surface area contributed by atoms with Gasteiger partial charge in [0.1, 0.15) is 5.69 Å². The normalized spacial score (nSPS) is 20.7. The van der Waals surface area contributed by atoms with Crippen molar-refractivity contribution in [1.82, 2.24) is 4.57 Å². The van der Waals surface area contributed by atoms with Crippen molar-refractivity contribution >= 4 is 22.8 Å². The van der Waals surface area contributed by atoms with Gasteiger partial charge >= 0.3 is 11.4 Å². The van der Waals surface area contributed by atoms with Crippen LogP contribution in [0.25, 0.3) is 33.7 Å². The van der Waals surface area contributed by atoms with E-state index in [-0.39, 0.29) is 10.8 Å². The van der Waals surface area contributed by atoms with Crippen LogP contribution in [-0.2, 0) is 16.4 Å². The van der Waals surface area contributed by atoms with E-state index in [2.05, 4.69) is 145 Å². The molecule has 0 radical (unpaired) electrons. The lowest BCUT2D eigenvalue weighted by atomic mass is 9.62. The maximum atomic E-state index is 2.67. The molecule has 0 amide bonds. The number of hydrogen-bond acceptors (Lipinski definition) is 1. The Hall–Kier alpha value is -4.15. The average molecular weight is 576 g/mol. The van der Waals surface area contributed by atoms with Crippen LogP contribution in [0, 0.1) is 0 Å². The summed E-state index contributed by atoms with van der Waals surface area (Å²) < 4.78 is 7.82. The molecule has 0 fully saturated rings. The molecule has 0 saturated heterocycles. The maximum absolute atomic E-state index is 2.67. The predicted octanol–water partition coefficient (Wildman–Crippen LogP) is 8.14. The quantitative estimate of drug-likeness (QED) is 0.180. The van der Waals surface area contributed by atoms with Crippen molar-refractivity contribution in [3.05, 3.63) is 131 Å². The fourth-order valence-electron chi connectivity index (χ4n) is 8.87. The van der Waals surface area contributed by atoms with Crippen LogP contribution in [0.15, 0.2) is 113 Å². The lowest BCUT2D eigenvalue weighted by molar-refractivity contribution is -0.733. The minimum Gasteiger partial charge on any atom is -0.185 e. The van der Waals surface area contributed by atoms with Gasteiger partial charge in [-0.1, -0.05) is 81.9 Å². The van der Waals surface area contributed by atoms with E-state index in [4.69, 9.17) is 0 Å². The Labute approximate surface area is 256 Å². The standard InChI is InChI=1S/C39H33N3S/c1-37(2)20-21-38(3,4)32-27(37)23-28-33-35(32)43-31-19-12-18-30-34(31)42(33)36(41(30)24-13-6-5-7-14-24)39(28)26-16-9-8-15-25(26)29-17-10-11-22-40(29)39/h5-19,22-23H,20-21H2,1-4H3/q+2. The Morgan fingerprint density at radius 1 is 0.721 bits per heavy atom. The number of para-hydroxylation sites is 2. The fourth-order valence-corrected chi connectivity index (χ4v) is 10.3.